The van der Waals surface area contributed by atoms with Gasteiger partial charge in [0.15, 0.2) is 0 Å². The van der Waals surface area contributed by atoms with Crippen LogP contribution >= 0.6 is 11.3 Å². The second kappa shape index (κ2) is 5.13. The highest BCUT2D eigenvalue weighted by atomic mass is 32.1. The molecular weight excluding hydrogens is 202 g/mol. The molecule has 2 unspecified atom stereocenters. The molecule has 1 nitrogen and oxygen atoms in total. The largest absolute Gasteiger partial charge is 0.313 e. The Hall–Kier alpha value is -0.340. The van der Waals surface area contributed by atoms with Crippen molar-refractivity contribution in [1.82, 2.24) is 5.32 Å². The quantitative estimate of drug-likeness (QED) is 0.823. The first-order valence-corrected chi connectivity index (χ1v) is 7.00. The van der Waals surface area contributed by atoms with Gasteiger partial charge < -0.3 is 5.32 Å². The van der Waals surface area contributed by atoms with E-state index in [0.29, 0.717) is 5.92 Å². The van der Waals surface area contributed by atoms with Crippen LogP contribution in [-0.4, -0.2) is 12.6 Å². The Morgan fingerprint density at radius 1 is 1.60 bits per heavy atom. The molecule has 1 N–H and O–H groups in total. The molecule has 1 fully saturated rings. The predicted octanol–water partition coefficient (Wildman–Crippen LogP) is 3.56. The van der Waals surface area contributed by atoms with Crippen LogP contribution in [-0.2, 0) is 6.42 Å². The predicted molar refractivity (Wildman–Crippen MR) is 67.8 cm³/mol. The van der Waals surface area contributed by atoms with Crippen molar-refractivity contribution in [2.75, 3.05) is 6.54 Å². The monoisotopic (exact) mass is 223 g/mol. The number of nitrogens with one attached hydrogen (secondary N) is 1. The lowest BCUT2D eigenvalue weighted by Crippen LogP contribution is -2.27. The van der Waals surface area contributed by atoms with Gasteiger partial charge in [0.2, 0.25) is 0 Å². The van der Waals surface area contributed by atoms with E-state index >= 15 is 0 Å². The number of hydrogen-bond donors (Lipinski definition) is 1. The highest BCUT2D eigenvalue weighted by molar-refractivity contribution is 7.10. The fourth-order valence-electron chi connectivity index (χ4n) is 2.54. The van der Waals surface area contributed by atoms with E-state index in [1.165, 1.54) is 32.2 Å². The van der Waals surface area contributed by atoms with E-state index in [1.54, 1.807) is 10.4 Å². The first-order valence-electron chi connectivity index (χ1n) is 6.12. The van der Waals surface area contributed by atoms with Crippen molar-refractivity contribution in [2.45, 2.75) is 51.5 Å². The lowest BCUT2D eigenvalue weighted by Gasteiger charge is -2.20. The van der Waals surface area contributed by atoms with Gasteiger partial charge in [-0.1, -0.05) is 20.3 Å². The van der Waals surface area contributed by atoms with E-state index in [0.717, 1.165) is 6.04 Å². The van der Waals surface area contributed by atoms with Crippen LogP contribution in [0.3, 0.4) is 0 Å². The topological polar surface area (TPSA) is 12.0 Å². The molecule has 0 radical (unpaired) electrons. The lowest BCUT2D eigenvalue weighted by atomic mass is 9.92. The lowest BCUT2D eigenvalue weighted by molar-refractivity contribution is 0.516. The summed E-state index contributed by atoms with van der Waals surface area (Å²) in [5.74, 6) is 0.695. The summed E-state index contributed by atoms with van der Waals surface area (Å²) in [7, 11) is 0. The molecule has 0 bridgehead atoms. The number of thiophene rings is 1. The number of aryl methyl sites for hydroxylation is 1. The molecule has 2 rings (SSSR count). The molecule has 84 valence electrons. The van der Waals surface area contributed by atoms with Gasteiger partial charge in [-0.15, -0.1) is 11.3 Å². The van der Waals surface area contributed by atoms with Gasteiger partial charge in [-0.05, 0) is 48.7 Å². The highest BCUT2D eigenvalue weighted by Crippen LogP contribution is 2.31. The Labute approximate surface area is 96.9 Å². The SMILES string of the molecule is CCCc1sccc1C(C)C1CCCN1. The molecule has 2 heterocycles. The summed E-state index contributed by atoms with van der Waals surface area (Å²) in [5.41, 5.74) is 1.60. The van der Waals surface area contributed by atoms with Gasteiger partial charge in [0.25, 0.3) is 0 Å². The molecule has 1 aromatic heterocycles. The molecule has 1 aliphatic rings. The van der Waals surface area contributed by atoms with Gasteiger partial charge in [0, 0.05) is 10.9 Å². The first-order chi connectivity index (χ1) is 7.33. The van der Waals surface area contributed by atoms with Crippen molar-refractivity contribution >= 4 is 11.3 Å². The van der Waals surface area contributed by atoms with E-state index in [1.807, 2.05) is 11.3 Å². The summed E-state index contributed by atoms with van der Waals surface area (Å²) in [5, 5.41) is 5.87. The Balaban J connectivity index is 2.09. The first kappa shape index (κ1) is 11.2. The summed E-state index contributed by atoms with van der Waals surface area (Å²) < 4.78 is 0. The standard InChI is InChI=1S/C13H21NS/c1-3-5-13-11(7-9-15-13)10(2)12-6-4-8-14-12/h7,9-10,12,14H,3-6,8H2,1-2H3. The Morgan fingerprint density at radius 3 is 3.13 bits per heavy atom. The van der Waals surface area contributed by atoms with Gasteiger partial charge >= 0.3 is 0 Å². The van der Waals surface area contributed by atoms with Gasteiger partial charge in [-0.25, -0.2) is 0 Å². The second-order valence-corrected chi connectivity index (χ2v) is 5.54. The normalized spacial score (nSPS) is 23.2. The zero-order valence-electron chi connectivity index (χ0n) is 9.75. The second-order valence-electron chi connectivity index (χ2n) is 4.54. The summed E-state index contributed by atoms with van der Waals surface area (Å²) in [6.07, 6.45) is 5.22. The molecule has 0 aromatic carbocycles. The molecule has 0 amide bonds. The molecule has 0 spiro atoms. The van der Waals surface area contributed by atoms with Crippen LogP contribution in [0.2, 0.25) is 0 Å². The van der Waals surface area contributed by atoms with Crippen molar-refractivity contribution in [2.24, 2.45) is 0 Å². The van der Waals surface area contributed by atoms with Crippen LogP contribution in [0.15, 0.2) is 11.4 Å². The Bertz CT molecular complexity index is 299. The minimum Gasteiger partial charge on any atom is -0.313 e. The van der Waals surface area contributed by atoms with E-state index in [2.05, 4.69) is 30.6 Å². The van der Waals surface area contributed by atoms with Crippen molar-refractivity contribution in [3.8, 4) is 0 Å². The van der Waals surface area contributed by atoms with Gasteiger partial charge in [0.1, 0.15) is 0 Å². The van der Waals surface area contributed by atoms with Gasteiger partial charge in [-0.2, -0.15) is 0 Å². The average molecular weight is 223 g/mol. The Kier molecular flexibility index (Phi) is 3.81. The minimum absolute atomic E-state index is 0.695. The third-order valence-corrected chi connectivity index (χ3v) is 4.45. The summed E-state index contributed by atoms with van der Waals surface area (Å²) in [6.45, 7) is 5.86. The van der Waals surface area contributed by atoms with Crippen LogP contribution in [0.25, 0.3) is 0 Å². The van der Waals surface area contributed by atoms with Crippen LogP contribution < -0.4 is 5.32 Å². The number of rotatable bonds is 4. The summed E-state index contributed by atoms with van der Waals surface area (Å²) in [4.78, 5) is 1.61. The third-order valence-electron chi connectivity index (χ3n) is 3.45. The maximum Gasteiger partial charge on any atom is 0.0134 e. The van der Waals surface area contributed by atoms with Crippen molar-refractivity contribution in [3.63, 3.8) is 0 Å². The molecular formula is C13H21NS. The van der Waals surface area contributed by atoms with E-state index < -0.39 is 0 Å². The fourth-order valence-corrected chi connectivity index (χ4v) is 3.63. The smallest absolute Gasteiger partial charge is 0.0134 e. The molecule has 1 aliphatic heterocycles. The molecule has 1 saturated heterocycles. The minimum atomic E-state index is 0.695. The van der Waals surface area contributed by atoms with Crippen LogP contribution in [0.4, 0.5) is 0 Å². The van der Waals surface area contributed by atoms with E-state index in [-0.39, 0.29) is 0 Å². The Morgan fingerprint density at radius 2 is 2.47 bits per heavy atom. The third kappa shape index (κ3) is 2.43. The van der Waals surface area contributed by atoms with Crippen molar-refractivity contribution in [1.29, 1.82) is 0 Å². The fraction of sp³-hybridized carbons (Fsp3) is 0.692. The average Bonchev–Trinajstić information content (AvgIpc) is 2.87. The van der Waals surface area contributed by atoms with Crippen LogP contribution in [0, 0.1) is 0 Å². The van der Waals surface area contributed by atoms with E-state index in [9.17, 15) is 0 Å². The van der Waals surface area contributed by atoms with Crippen LogP contribution in [0.1, 0.15) is 49.5 Å². The van der Waals surface area contributed by atoms with Crippen molar-refractivity contribution in [3.05, 3.63) is 21.9 Å². The zero-order valence-corrected chi connectivity index (χ0v) is 10.6. The van der Waals surface area contributed by atoms with Crippen molar-refractivity contribution < 1.29 is 0 Å². The van der Waals surface area contributed by atoms with Gasteiger partial charge in [0.05, 0.1) is 0 Å². The molecule has 2 heteroatoms. The number of hydrogen-bond acceptors (Lipinski definition) is 2. The van der Waals surface area contributed by atoms with E-state index in [4.69, 9.17) is 0 Å². The molecule has 0 saturated carbocycles. The molecule has 2 atom stereocenters. The zero-order chi connectivity index (χ0) is 10.7. The maximum atomic E-state index is 3.62. The maximum absolute atomic E-state index is 3.62. The summed E-state index contributed by atoms with van der Waals surface area (Å²) in [6, 6.07) is 3.05. The molecule has 0 aliphatic carbocycles. The van der Waals surface area contributed by atoms with Gasteiger partial charge in [-0.3, -0.25) is 0 Å². The summed E-state index contributed by atoms with van der Waals surface area (Å²) >= 11 is 1.93. The molecule has 1 aromatic rings. The van der Waals surface area contributed by atoms with Crippen LogP contribution in [0.5, 0.6) is 0 Å². The molecule has 15 heavy (non-hydrogen) atoms. The highest BCUT2D eigenvalue weighted by Gasteiger charge is 2.24.